The van der Waals surface area contributed by atoms with Crippen LogP contribution in [-0.4, -0.2) is 22.3 Å². The maximum Gasteiger partial charge on any atom is 0.262 e. The third-order valence-corrected chi connectivity index (χ3v) is 6.29. The first kappa shape index (κ1) is 26.4. The van der Waals surface area contributed by atoms with Crippen LogP contribution in [0.1, 0.15) is 49.4 Å². The Balaban J connectivity index is 1.70. The third-order valence-electron chi connectivity index (χ3n) is 6.29. The second-order valence-electron chi connectivity index (χ2n) is 9.17. The van der Waals surface area contributed by atoms with Crippen LogP contribution in [-0.2, 0) is 4.79 Å². The maximum absolute atomic E-state index is 13.1. The van der Waals surface area contributed by atoms with Crippen molar-refractivity contribution in [2.75, 3.05) is 6.61 Å². The van der Waals surface area contributed by atoms with Crippen LogP contribution in [0, 0.1) is 18.3 Å². The summed E-state index contributed by atoms with van der Waals surface area (Å²) in [6.45, 7) is 6.72. The number of ether oxygens (including phenoxy) is 1. The van der Waals surface area contributed by atoms with Crippen LogP contribution in [0.15, 0.2) is 90.6 Å². The van der Waals surface area contributed by atoms with E-state index in [0.717, 1.165) is 41.0 Å². The predicted octanol–water partition coefficient (Wildman–Crippen LogP) is 6.81. The number of carbonyl (C=O) groups excluding carboxylic acids is 1. The van der Waals surface area contributed by atoms with Gasteiger partial charge in [0.2, 0.25) is 0 Å². The van der Waals surface area contributed by atoms with Crippen molar-refractivity contribution >= 4 is 12.0 Å². The summed E-state index contributed by atoms with van der Waals surface area (Å²) in [5, 5.41) is 17.7. The highest BCUT2D eigenvalue weighted by molar-refractivity contribution is 6.02. The minimum Gasteiger partial charge on any atom is -0.494 e. The van der Waals surface area contributed by atoms with Crippen molar-refractivity contribution in [2.24, 2.45) is 0 Å². The fourth-order valence-corrected chi connectivity index (χ4v) is 4.14. The van der Waals surface area contributed by atoms with Gasteiger partial charge in [-0.2, -0.15) is 10.4 Å². The van der Waals surface area contributed by atoms with Crippen molar-refractivity contribution in [2.45, 2.75) is 39.7 Å². The van der Waals surface area contributed by atoms with Gasteiger partial charge in [0.1, 0.15) is 23.1 Å². The lowest BCUT2D eigenvalue weighted by Gasteiger charge is -2.13. The molecular weight excluding hydrogens is 472 g/mol. The number of para-hydroxylation sites is 1. The van der Waals surface area contributed by atoms with Gasteiger partial charge in [-0.25, -0.2) is 4.68 Å². The predicted molar refractivity (Wildman–Crippen MR) is 151 cm³/mol. The standard InChI is InChI=1S/C32H32N4O2/c1-4-5-18-38-29-16-17-30(23(2)19-29)31-27(22-36(35-31)28-14-10-7-11-15-28)20-26(21-33)32(37)34-24(3)25-12-8-6-9-13-25/h6-17,19-20,22,24H,4-5,18H2,1-3H3,(H,34,37)/b26-20-. The summed E-state index contributed by atoms with van der Waals surface area (Å²) < 4.78 is 7.65. The molecule has 0 spiro atoms. The Morgan fingerprint density at radius 1 is 1.11 bits per heavy atom. The minimum absolute atomic E-state index is 0.0128. The van der Waals surface area contributed by atoms with Crippen LogP contribution in [0.4, 0.5) is 0 Å². The van der Waals surface area contributed by atoms with Gasteiger partial charge in [0.25, 0.3) is 5.91 Å². The van der Waals surface area contributed by atoms with Crippen LogP contribution < -0.4 is 10.1 Å². The van der Waals surface area contributed by atoms with E-state index in [2.05, 4.69) is 18.3 Å². The fourth-order valence-electron chi connectivity index (χ4n) is 4.14. The second kappa shape index (κ2) is 12.6. The van der Waals surface area contributed by atoms with Gasteiger partial charge < -0.3 is 10.1 Å². The smallest absolute Gasteiger partial charge is 0.262 e. The molecule has 1 aromatic heterocycles. The summed E-state index contributed by atoms with van der Waals surface area (Å²) in [4.78, 5) is 13.1. The normalized spacial score (nSPS) is 12.0. The highest BCUT2D eigenvalue weighted by Gasteiger charge is 2.18. The molecule has 6 heteroatoms. The Morgan fingerprint density at radius 2 is 1.82 bits per heavy atom. The number of nitrogens with zero attached hydrogens (tertiary/aromatic N) is 3. The van der Waals surface area contributed by atoms with E-state index >= 15 is 0 Å². The molecule has 3 aromatic carbocycles. The molecule has 0 saturated heterocycles. The molecule has 0 aliphatic rings. The number of rotatable bonds is 10. The van der Waals surface area contributed by atoms with Gasteiger partial charge in [-0.3, -0.25) is 4.79 Å². The lowest BCUT2D eigenvalue weighted by Crippen LogP contribution is -2.27. The number of amides is 1. The molecule has 0 saturated carbocycles. The van der Waals surface area contributed by atoms with Crippen LogP contribution in [0.5, 0.6) is 5.75 Å². The minimum atomic E-state index is -0.432. The van der Waals surface area contributed by atoms with Gasteiger partial charge in [-0.15, -0.1) is 0 Å². The molecule has 0 radical (unpaired) electrons. The van der Waals surface area contributed by atoms with E-state index in [0.29, 0.717) is 17.9 Å². The van der Waals surface area contributed by atoms with Crippen molar-refractivity contribution in [1.29, 1.82) is 5.26 Å². The fraction of sp³-hybridized carbons (Fsp3) is 0.219. The third kappa shape index (κ3) is 6.37. The Hall–Kier alpha value is -4.63. The molecule has 4 rings (SSSR count). The molecule has 38 heavy (non-hydrogen) atoms. The number of hydrogen-bond acceptors (Lipinski definition) is 4. The van der Waals surface area contributed by atoms with E-state index in [-0.39, 0.29) is 11.6 Å². The van der Waals surface area contributed by atoms with Crippen molar-refractivity contribution in [3.05, 3.63) is 107 Å². The summed E-state index contributed by atoms with van der Waals surface area (Å²) >= 11 is 0. The van der Waals surface area contributed by atoms with Gasteiger partial charge in [0, 0.05) is 17.3 Å². The molecule has 1 N–H and O–H groups in total. The van der Waals surface area contributed by atoms with Crippen molar-refractivity contribution in [3.63, 3.8) is 0 Å². The largest absolute Gasteiger partial charge is 0.494 e. The van der Waals surface area contributed by atoms with Gasteiger partial charge in [0.05, 0.1) is 18.3 Å². The zero-order chi connectivity index (χ0) is 26.9. The van der Waals surface area contributed by atoms with Gasteiger partial charge in [0.15, 0.2) is 0 Å². The lowest BCUT2D eigenvalue weighted by atomic mass is 10.0. The molecule has 192 valence electrons. The van der Waals surface area contributed by atoms with E-state index in [1.807, 2.05) is 98.9 Å². The van der Waals surface area contributed by atoms with Gasteiger partial charge in [-0.1, -0.05) is 61.9 Å². The molecule has 0 fully saturated rings. The quantitative estimate of drug-likeness (QED) is 0.146. The molecule has 0 aliphatic heterocycles. The molecule has 4 aromatic rings. The molecule has 1 atom stereocenters. The van der Waals surface area contributed by atoms with Gasteiger partial charge in [-0.05, 0) is 67.8 Å². The first-order chi connectivity index (χ1) is 18.5. The van der Waals surface area contributed by atoms with Crippen molar-refractivity contribution < 1.29 is 9.53 Å². The second-order valence-corrected chi connectivity index (χ2v) is 9.17. The zero-order valence-corrected chi connectivity index (χ0v) is 22.0. The number of carbonyl (C=O) groups is 1. The lowest BCUT2D eigenvalue weighted by molar-refractivity contribution is -0.117. The van der Waals surface area contributed by atoms with Crippen molar-refractivity contribution in [1.82, 2.24) is 15.1 Å². The number of nitrogens with one attached hydrogen (secondary N) is 1. The summed E-state index contributed by atoms with van der Waals surface area (Å²) in [5.74, 6) is 0.380. The summed E-state index contributed by atoms with van der Waals surface area (Å²) in [6.07, 6.45) is 5.53. The van der Waals surface area contributed by atoms with E-state index < -0.39 is 5.91 Å². The molecule has 1 heterocycles. The topological polar surface area (TPSA) is 79.9 Å². The number of aryl methyl sites for hydroxylation is 1. The van der Waals surface area contributed by atoms with E-state index in [1.165, 1.54) is 0 Å². The van der Waals surface area contributed by atoms with Crippen LogP contribution in [0.3, 0.4) is 0 Å². The van der Waals surface area contributed by atoms with Crippen LogP contribution in [0.25, 0.3) is 23.0 Å². The first-order valence-corrected chi connectivity index (χ1v) is 12.9. The van der Waals surface area contributed by atoms with Crippen LogP contribution in [0.2, 0.25) is 0 Å². The van der Waals surface area contributed by atoms with E-state index in [4.69, 9.17) is 9.84 Å². The molecule has 0 bridgehead atoms. The van der Waals surface area contributed by atoms with Gasteiger partial charge >= 0.3 is 0 Å². The van der Waals surface area contributed by atoms with Crippen LogP contribution >= 0.6 is 0 Å². The summed E-state index contributed by atoms with van der Waals surface area (Å²) in [7, 11) is 0. The number of benzene rings is 3. The average molecular weight is 505 g/mol. The Labute approximate surface area is 224 Å². The molecule has 0 aliphatic carbocycles. The molecule has 1 unspecified atom stereocenters. The SMILES string of the molecule is CCCCOc1ccc(-c2nn(-c3ccccc3)cc2/C=C(/C#N)C(=O)NC(C)c2ccccc2)c(C)c1. The van der Waals surface area contributed by atoms with E-state index in [9.17, 15) is 10.1 Å². The molecular formula is C32H32N4O2. The Morgan fingerprint density at radius 3 is 2.47 bits per heavy atom. The van der Waals surface area contributed by atoms with Crippen molar-refractivity contribution in [3.8, 4) is 28.8 Å². The Kier molecular flexibility index (Phi) is 8.73. The summed E-state index contributed by atoms with van der Waals surface area (Å²) in [5.41, 5.74) is 5.12. The molecule has 6 nitrogen and oxygen atoms in total. The summed E-state index contributed by atoms with van der Waals surface area (Å²) in [6, 6.07) is 27.2. The monoisotopic (exact) mass is 504 g/mol. The number of aromatic nitrogens is 2. The average Bonchev–Trinajstić information content (AvgIpc) is 3.36. The molecule has 1 amide bonds. The highest BCUT2D eigenvalue weighted by Crippen LogP contribution is 2.31. The number of unbranched alkanes of at least 4 members (excludes halogenated alkanes) is 1. The number of hydrogen-bond donors (Lipinski definition) is 1. The first-order valence-electron chi connectivity index (χ1n) is 12.9. The zero-order valence-electron chi connectivity index (χ0n) is 22.0. The number of nitriles is 1. The highest BCUT2D eigenvalue weighted by atomic mass is 16.5. The van der Waals surface area contributed by atoms with E-state index in [1.54, 1.807) is 10.8 Å². The Bertz CT molecular complexity index is 1450. The maximum atomic E-state index is 13.1.